The van der Waals surface area contributed by atoms with Gasteiger partial charge in [-0.3, -0.25) is 4.79 Å². The predicted octanol–water partition coefficient (Wildman–Crippen LogP) is 8.98. The number of ether oxygens (including phenoxy) is 4. The van der Waals surface area contributed by atoms with E-state index in [1.807, 2.05) is 33.8 Å². The molecule has 1 saturated heterocycles. The van der Waals surface area contributed by atoms with Gasteiger partial charge < -0.3 is 32.2 Å². The second-order valence-corrected chi connectivity index (χ2v) is 30.1. The van der Waals surface area contributed by atoms with E-state index in [1.165, 1.54) is 0 Å². The van der Waals surface area contributed by atoms with Crippen LogP contribution >= 0.6 is 0 Å². The average Bonchev–Trinajstić information content (AvgIpc) is 3.56. The SMILES string of the molecule is C#CC[C@]1(O[Si](CC)(CC)CC)C(C#C[C@@](C=O)(O[Si](CC)(CC)CC)[C@H]2COC(C)(C)O2)=C[C@@H](OC(C)OCC)[C@@H]1O[Si](C)(C)C(C)(C)C. The van der Waals surface area contributed by atoms with Gasteiger partial charge in [0.25, 0.3) is 0 Å². The minimum atomic E-state index is -2.43. The average molecular weight is 751 g/mol. The fourth-order valence-electron chi connectivity index (χ4n) is 6.76. The molecule has 0 spiro atoms. The minimum absolute atomic E-state index is 0.101. The third-order valence-electron chi connectivity index (χ3n) is 11.6. The van der Waals surface area contributed by atoms with Crippen LogP contribution in [0.25, 0.3) is 0 Å². The van der Waals surface area contributed by atoms with Gasteiger partial charge in [0.2, 0.25) is 5.60 Å². The first-order chi connectivity index (χ1) is 23.2. The van der Waals surface area contributed by atoms with Crippen molar-refractivity contribution in [3.05, 3.63) is 11.6 Å². The zero-order chi connectivity index (χ0) is 38.2. The highest BCUT2D eigenvalue weighted by Crippen LogP contribution is 2.48. The van der Waals surface area contributed by atoms with E-state index < -0.39 is 66.5 Å². The van der Waals surface area contributed by atoms with Crippen molar-refractivity contribution in [3.63, 3.8) is 0 Å². The van der Waals surface area contributed by atoms with Crippen molar-refractivity contribution in [2.45, 2.75) is 192 Å². The molecule has 1 aliphatic heterocycles. The van der Waals surface area contributed by atoms with Crippen molar-refractivity contribution in [3.8, 4) is 24.2 Å². The molecule has 50 heavy (non-hydrogen) atoms. The third-order valence-corrected chi connectivity index (χ3v) is 25.3. The molecule has 0 aromatic heterocycles. The minimum Gasteiger partial charge on any atom is -0.408 e. The summed E-state index contributed by atoms with van der Waals surface area (Å²) < 4.78 is 46.9. The quantitative estimate of drug-likeness (QED) is 0.0561. The summed E-state index contributed by atoms with van der Waals surface area (Å²) >= 11 is 0. The molecule has 1 unspecified atom stereocenters. The van der Waals surface area contributed by atoms with Crippen LogP contribution in [0.5, 0.6) is 0 Å². The Morgan fingerprint density at radius 3 is 1.98 bits per heavy atom. The number of rotatable bonds is 19. The van der Waals surface area contributed by atoms with Gasteiger partial charge in [-0.1, -0.05) is 74.2 Å². The van der Waals surface area contributed by atoms with E-state index in [9.17, 15) is 4.79 Å². The molecule has 286 valence electrons. The first-order valence-corrected chi connectivity index (χ1v) is 27.0. The van der Waals surface area contributed by atoms with E-state index in [0.717, 1.165) is 42.6 Å². The van der Waals surface area contributed by atoms with Crippen LogP contribution in [-0.4, -0.2) is 86.0 Å². The van der Waals surface area contributed by atoms with Gasteiger partial charge in [0, 0.05) is 18.6 Å². The summed E-state index contributed by atoms with van der Waals surface area (Å²) in [7, 11) is -7.18. The van der Waals surface area contributed by atoms with Gasteiger partial charge in [-0.05, 0) is 88.2 Å². The molecule has 2 aliphatic rings. The van der Waals surface area contributed by atoms with Gasteiger partial charge in [0.05, 0.1) is 6.61 Å². The van der Waals surface area contributed by atoms with E-state index in [-0.39, 0.29) is 18.1 Å². The molecular formula is C39H70O8Si3. The van der Waals surface area contributed by atoms with Crippen LogP contribution in [0.15, 0.2) is 11.6 Å². The summed E-state index contributed by atoms with van der Waals surface area (Å²) in [4.78, 5) is 13.5. The summed E-state index contributed by atoms with van der Waals surface area (Å²) in [5.41, 5.74) is -2.02. The molecule has 11 heteroatoms. The Labute approximate surface area is 308 Å². The Hall–Kier alpha value is -1.10. The topological polar surface area (TPSA) is 81.7 Å². The third kappa shape index (κ3) is 9.90. The van der Waals surface area contributed by atoms with Gasteiger partial charge in [0.1, 0.15) is 23.9 Å². The number of hydrogen-bond donors (Lipinski definition) is 0. The summed E-state index contributed by atoms with van der Waals surface area (Å²) in [6.45, 7) is 32.4. The lowest BCUT2D eigenvalue weighted by atomic mass is 9.88. The lowest BCUT2D eigenvalue weighted by molar-refractivity contribution is -0.177. The maximum absolute atomic E-state index is 13.5. The van der Waals surface area contributed by atoms with Crippen molar-refractivity contribution in [2.75, 3.05) is 13.2 Å². The molecule has 0 aromatic carbocycles. The summed E-state index contributed by atoms with van der Waals surface area (Å²) in [6, 6.07) is 5.23. The number of carbonyl (C=O) groups excluding carboxylic acids is 1. The number of terminal acetylenes is 1. The maximum atomic E-state index is 13.5. The summed E-state index contributed by atoms with van der Waals surface area (Å²) in [6.07, 6.45) is 6.95. The molecule has 2 rings (SSSR count). The molecule has 1 fully saturated rings. The van der Waals surface area contributed by atoms with Gasteiger partial charge in [-0.25, -0.2) is 0 Å². The molecule has 0 radical (unpaired) electrons. The van der Waals surface area contributed by atoms with Crippen LogP contribution in [0.3, 0.4) is 0 Å². The molecular weight excluding hydrogens is 681 g/mol. The van der Waals surface area contributed by atoms with Crippen molar-refractivity contribution in [1.82, 2.24) is 0 Å². The van der Waals surface area contributed by atoms with Gasteiger partial charge in [0.15, 0.2) is 43.3 Å². The monoisotopic (exact) mass is 750 g/mol. The molecule has 1 heterocycles. The molecule has 8 nitrogen and oxygen atoms in total. The van der Waals surface area contributed by atoms with Crippen LogP contribution in [0, 0.1) is 24.2 Å². The smallest absolute Gasteiger partial charge is 0.203 e. The van der Waals surface area contributed by atoms with E-state index >= 15 is 0 Å². The van der Waals surface area contributed by atoms with Crippen LogP contribution in [0.2, 0.25) is 54.4 Å². The lowest BCUT2D eigenvalue weighted by Gasteiger charge is -2.48. The van der Waals surface area contributed by atoms with Crippen LogP contribution in [0.1, 0.15) is 96.4 Å². The molecule has 0 aromatic rings. The fourth-order valence-corrected chi connectivity index (χ4v) is 14.0. The highest BCUT2D eigenvalue weighted by Gasteiger charge is 2.59. The highest BCUT2D eigenvalue weighted by atomic mass is 28.4. The molecule has 6 atom stereocenters. The molecule has 0 saturated carbocycles. The Balaban J connectivity index is 3.03. The molecule has 1 aliphatic carbocycles. The zero-order valence-electron chi connectivity index (χ0n) is 34.2. The Morgan fingerprint density at radius 2 is 1.56 bits per heavy atom. The lowest BCUT2D eigenvalue weighted by Crippen LogP contribution is -2.60. The van der Waals surface area contributed by atoms with Crippen molar-refractivity contribution in [2.24, 2.45) is 0 Å². The van der Waals surface area contributed by atoms with E-state index in [1.54, 1.807) is 0 Å². The van der Waals surface area contributed by atoms with E-state index in [4.69, 9.17) is 38.6 Å². The van der Waals surface area contributed by atoms with Crippen molar-refractivity contribution in [1.29, 1.82) is 0 Å². The summed E-state index contributed by atoms with van der Waals surface area (Å²) in [5, 5.41) is -0.101. The van der Waals surface area contributed by atoms with Crippen LogP contribution < -0.4 is 0 Å². The van der Waals surface area contributed by atoms with Crippen molar-refractivity contribution < 1.29 is 37.0 Å². The largest absolute Gasteiger partial charge is 0.408 e. The Bertz CT molecular complexity index is 1230. The number of carbonyl (C=O) groups is 1. The first-order valence-electron chi connectivity index (χ1n) is 19.0. The van der Waals surface area contributed by atoms with Crippen molar-refractivity contribution >= 4 is 31.2 Å². The predicted molar refractivity (Wildman–Crippen MR) is 210 cm³/mol. The van der Waals surface area contributed by atoms with Gasteiger partial charge in [-0.15, -0.1) is 12.3 Å². The van der Waals surface area contributed by atoms with Crippen LogP contribution in [0.4, 0.5) is 0 Å². The van der Waals surface area contributed by atoms with E-state index in [2.05, 4.69) is 93.2 Å². The second-order valence-electron chi connectivity index (χ2n) is 15.9. The Morgan fingerprint density at radius 1 is 1.00 bits per heavy atom. The number of aldehydes is 1. The second kappa shape index (κ2) is 17.8. The number of hydrogen-bond acceptors (Lipinski definition) is 8. The first kappa shape index (κ1) is 45.1. The molecule has 0 bridgehead atoms. The van der Waals surface area contributed by atoms with Crippen LogP contribution in [-0.2, 0) is 37.0 Å². The fraction of sp³-hybridized carbons (Fsp3) is 0.821. The Kier molecular flexibility index (Phi) is 16.1. The molecule has 0 amide bonds. The van der Waals surface area contributed by atoms with Gasteiger partial charge in [-0.2, -0.15) is 0 Å². The normalized spacial score (nSPS) is 26.0. The molecule has 0 N–H and O–H groups in total. The maximum Gasteiger partial charge on any atom is 0.203 e. The highest BCUT2D eigenvalue weighted by molar-refractivity contribution is 6.75. The standard InChI is InChI=1S/C39H70O8Si3/c1-17-26-39(47-50(22-6,23-7)24-8)32(28-33(43-31(9)41-18-2)35(39)45-48(15,16)36(10,11)12)25-27-38(30-40,34-29-42-37(13,14)44-34)46-49(19-3,20-4)21-5/h1,28,30-31,33-35H,18-24,26,29H2,2-16H3/t31?,33-,34-,35+,38+,39+/m1/s1. The van der Waals surface area contributed by atoms with Gasteiger partial charge >= 0.3 is 0 Å². The zero-order valence-corrected chi connectivity index (χ0v) is 37.2. The van der Waals surface area contributed by atoms with E-state index in [0.29, 0.717) is 12.2 Å². The summed E-state index contributed by atoms with van der Waals surface area (Å²) in [5.74, 6) is 8.96.